The maximum absolute atomic E-state index is 14.6. The summed E-state index contributed by atoms with van der Waals surface area (Å²) < 4.78 is 20.1. The topological polar surface area (TPSA) is 128 Å². The van der Waals surface area contributed by atoms with Gasteiger partial charge in [0.15, 0.2) is 5.78 Å². The molecule has 11 heteroatoms. The molecule has 0 unspecified atom stereocenters. The van der Waals surface area contributed by atoms with Crippen LogP contribution >= 0.6 is 15.9 Å². The number of carbonyl (C=O) groups excluding carboxylic acids is 2. The van der Waals surface area contributed by atoms with Gasteiger partial charge in [-0.25, -0.2) is 4.39 Å². The molecule has 6 rings (SSSR count). The fourth-order valence-corrected chi connectivity index (χ4v) is 7.22. The summed E-state index contributed by atoms with van der Waals surface area (Å²) in [6.07, 6.45) is 1.40. The van der Waals surface area contributed by atoms with Gasteiger partial charge in [0.2, 0.25) is 0 Å². The second kappa shape index (κ2) is 15.3. The van der Waals surface area contributed by atoms with Crippen molar-refractivity contribution in [2.24, 2.45) is 0 Å². The van der Waals surface area contributed by atoms with Crippen LogP contribution in [0.5, 0.6) is 5.75 Å². The summed E-state index contributed by atoms with van der Waals surface area (Å²) in [5.41, 5.74) is 3.28. The quantitative estimate of drug-likeness (QED) is 0.160. The van der Waals surface area contributed by atoms with Crippen LogP contribution in [0, 0.1) is 5.82 Å². The van der Waals surface area contributed by atoms with E-state index in [-0.39, 0.29) is 36.4 Å². The highest BCUT2D eigenvalue weighted by molar-refractivity contribution is 9.10. The molecule has 1 amide bonds. The standard InChI is InChI=1S/C38H41BrFN3O6/c39-31-15-12-27(40)17-33(31)49-16-4-7-24-8-10-26(11-9-24)30-20-38(34(45)18-29(44)19-35(46)47)23-41-21-32(42-38)36(30)37(48)43(28-13-14-28)22-25-5-2-1-3-6-25/h1-3,5-6,8-12,15,17,28-29,32,41-42,44H,4,7,13-14,16,18-23H2,(H,46,47)/t29-,32+,38+/m0/s1. The number of nitrogens with one attached hydrogen (secondary N) is 2. The summed E-state index contributed by atoms with van der Waals surface area (Å²) in [5, 5.41) is 26.4. The Morgan fingerprint density at radius 2 is 1.78 bits per heavy atom. The zero-order valence-electron chi connectivity index (χ0n) is 27.2. The molecule has 49 heavy (non-hydrogen) atoms. The molecule has 1 aliphatic carbocycles. The fourth-order valence-electron chi connectivity index (χ4n) is 6.86. The van der Waals surface area contributed by atoms with Gasteiger partial charge in [-0.15, -0.1) is 0 Å². The number of ether oxygens (including phenoxy) is 1. The van der Waals surface area contributed by atoms with Crippen molar-refractivity contribution < 1.29 is 33.7 Å². The Hall–Kier alpha value is -3.90. The van der Waals surface area contributed by atoms with Crippen LogP contribution in [0.4, 0.5) is 4.39 Å². The number of hydrogen-bond acceptors (Lipinski definition) is 7. The predicted molar refractivity (Wildman–Crippen MR) is 186 cm³/mol. The van der Waals surface area contributed by atoms with Crippen molar-refractivity contribution in [3.8, 4) is 5.75 Å². The SMILES string of the molecule is O=C(O)C[C@@H](O)CC(=O)[C@@]12CNC[C@@H](N1)C(C(=O)N(Cc1ccccc1)C1CC1)=C(c1ccc(CCCOc3cc(F)ccc3Br)cc1)C2. The second-order valence-electron chi connectivity index (χ2n) is 13.2. The third kappa shape index (κ3) is 8.46. The summed E-state index contributed by atoms with van der Waals surface area (Å²) in [4.78, 5) is 41.6. The van der Waals surface area contributed by atoms with Crippen molar-refractivity contribution in [3.05, 3.63) is 105 Å². The molecule has 1 saturated carbocycles. The Morgan fingerprint density at radius 1 is 1.02 bits per heavy atom. The molecule has 0 spiro atoms. The third-order valence-corrected chi connectivity index (χ3v) is 10.1. The van der Waals surface area contributed by atoms with E-state index in [2.05, 4.69) is 26.6 Å². The van der Waals surface area contributed by atoms with E-state index >= 15 is 0 Å². The molecule has 4 N–H and O–H groups in total. The Balaban J connectivity index is 1.27. The minimum absolute atomic E-state index is 0.0563. The number of hydrogen-bond donors (Lipinski definition) is 4. The lowest BCUT2D eigenvalue weighted by Crippen LogP contribution is -2.71. The number of Topliss-reactive ketones (excluding diaryl/α,β-unsaturated/α-hetero) is 1. The highest BCUT2D eigenvalue weighted by Gasteiger charge is 2.50. The average Bonchev–Trinajstić information content (AvgIpc) is 3.93. The van der Waals surface area contributed by atoms with E-state index in [1.807, 2.05) is 59.5 Å². The van der Waals surface area contributed by atoms with E-state index < -0.39 is 30.1 Å². The van der Waals surface area contributed by atoms with Gasteiger partial charge in [0.05, 0.1) is 35.2 Å². The summed E-state index contributed by atoms with van der Waals surface area (Å²) >= 11 is 3.39. The van der Waals surface area contributed by atoms with Gasteiger partial charge in [0.1, 0.15) is 11.6 Å². The molecular weight excluding hydrogens is 693 g/mol. The maximum atomic E-state index is 14.6. The Labute approximate surface area is 293 Å². The van der Waals surface area contributed by atoms with Crippen molar-refractivity contribution in [1.29, 1.82) is 0 Å². The molecule has 3 atom stereocenters. The number of aliphatic hydroxyl groups excluding tert-OH is 1. The second-order valence-corrected chi connectivity index (χ2v) is 14.1. The minimum atomic E-state index is -1.31. The largest absolute Gasteiger partial charge is 0.492 e. The number of ketones is 1. The first-order chi connectivity index (χ1) is 23.6. The van der Waals surface area contributed by atoms with E-state index in [4.69, 9.17) is 9.84 Å². The number of carbonyl (C=O) groups is 3. The van der Waals surface area contributed by atoms with Crippen LogP contribution in [0.15, 0.2) is 82.8 Å². The number of halogens is 2. The molecule has 1 saturated heterocycles. The lowest BCUT2D eigenvalue weighted by Gasteiger charge is -2.48. The van der Waals surface area contributed by atoms with Crippen LogP contribution in [0.1, 0.15) is 55.2 Å². The first-order valence-corrected chi connectivity index (χ1v) is 17.6. The number of carboxylic acids is 1. The van der Waals surface area contributed by atoms with E-state index in [9.17, 15) is 23.9 Å². The molecule has 0 aromatic heterocycles. The molecule has 3 aliphatic rings. The number of amides is 1. The number of aryl methyl sites for hydroxylation is 1. The molecule has 9 nitrogen and oxygen atoms in total. The predicted octanol–water partition coefficient (Wildman–Crippen LogP) is 5.04. The summed E-state index contributed by atoms with van der Waals surface area (Å²) in [5.74, 6) is -1.42. The summed E-state index contributed by atoms with van der Waals surface area (Å²) in [7, 11) is 0. The normalized spacial score (nSPS) is 20.8. The van der Waals surface area contributed by atoms with E-state index in [1.165, 1.54) is 12.1 Å². The number of aliphatic carboxylic acids is 1. The van der Waals surface area contributed by atoms with E-state index in [1.54, 1.807) is 6.07 Å². The fraction of sp³-hybridized carbons (Fsp3) is 0.395. The van der Waals surface area contributed by atoms with Gasteiger partial charge in [-0.1, -0.05) is 54.6 Å². The van der Waals surface area contributed by atoms with Crippen molar-refractivity contribution in [2.75, 3.05) is 19.7 Å². The molecule has 2 fully saturated rings. The molecule has 258 valence electrons. The van der Waals surface area contributed by atoms with Crippen molar-refractivity contribution >= 4 is 39.2 Å². The van der Waals surface area contributed by atoms with Gasteiger partial charge in [0, 0.05) is 50.2 Å². The molecule has 2 bridgehead atoms. The molecule has 3 aromatic carbocycles. The van der Waals surface area contributed by atoms with Crippen molar-refractivity contribution in [2.45, 2.75) is 75.2 Å². The smallest absolute Gasteiger partial charge is 0.305 e. The molecular formula is C38H41BrFN3O6. The first kappa shape index (κ1) is 34.9. The number of rotatable bonds is 15. The van der Waals surface area contributed by atoms with Crippen LogP contribution in [0.3, 0.4) is 0 Å². The first-order valence-electron chi connectivity index (χ1n) is 16.8. The third-order valence-electron chi connectivity index (χ3n) is 9.48. The van der Waals surface area contributed by atoms with Crippen LogP contribution in [-0.2, 0) is 27.3 Å². The number of aliphatic hydroxyl groups is 1. The van der Waals surface area contributed by atoms with Crippen LogP contribution in [0.25, 0.3) is 5.57 Å². The molecule has 2 heterocycles. The maximum Gasteiger partial charge on any atom is 0.305 e. The summed E-state index contributed by atoms with van der Waals surface area (Å²) in [6, 6.07) is 22.0. The number of benzene rings is 3. The van der Waals surface area contributed by atoms with E-state index in [0.29, 0.717) is 48.5 Å². The number of fused-ring (bicyclic) bond motifs is 2. The van der Waals surface area contributed by atoms with Gasteiger partial charge < -0.3 is 25.2 Å². The number of carboxylic acid groups (broad SMARTS) is 1. The molecule has 0 radical (unpaired) electrons. The average molecular weight is 735 g/mol. The molecule has 3 aromatic rings. The number of piperazine rings is 1. The van der Waals surface area contributed by atoms with Crippen LogP contribution < -0.4 is 15.4 Å². The van der Waals surface area contributed by atoms with Gasteiger partial charge in [0.25, 0.3) is 5.91 Å². The highest BCUT2D eigenvalue weighted by Crippen LogP contribution is 2.40. The van der Waals surface area contributed by atoms with Crippen LogP contribution in [0.2, 0.25) is 0 Å². The van der Waals surface area contributed by atoms with Crippen molar-refractivity contribution in [1.82, 2.24) is 15.5 Å². The number of nitrogens with zero attached hydrogens (tertiary/aromatic N) is 1. The zero-order valence-corrected chi connectivity index (χ0v) is 28.8. The van der Waals surface area contributed by atoms with Gasteiger partial charge >= 0.3 is 5.97 Å². The van der Waals surface area contributed by atoms with Crippen molar-refractivity contribution in [3.63, 3.8) is 0 Å². The van der Waals surface area contributed by atoms with Crippen LogP contribution in [-0.4, -0.2) is 76.2 Å². The Kier molecular flexibility index (Phi) is 10.9. The molecule has 2 aliphatic heterocycles. The Bertz CT molecular complexity index is 1710. The lowest BCUT2D eigenvalue weighted by molar-refractivity contribution is -0.140. The highest BCUT2D eigenvalue weighted by atomic mass is 79.9. The Morgan fingerprint density at radius 3 is 2.49 bits per heavy atom. The van der Waals surface area contributed by atoms with Gasteiger partial charge in [-0.2, -0.15) is 0 Å². The minimum Gasteiger partial charge on any atom is -0.492 e. The van der Waals surface area contributed by atoms with E-state index in [0.717, 1.165) is 41.5 Å². The van der Waals surface area contributed by atoms with Gasteiger partial charge in [-0.05, 0) is 76.0 Å². The monoisotopic (exact) mass is 733 g/mol. The lowest BCUT2D eigenvalue weighted by atomic mass is 9.73. The van der Waals surface area contributed by atoms with Gasteiger partial charge in [-0.3, -0.25) is 19.7 Å². The zero-order chi connectivity index (χ0) is 34.5. The summed E-state index contributed by atoms with van der Waals surface area (Å²) in [6.45, 7) is 1.63.